The summed E-state index contributed by atoms with van der Waals surface area (Å²) in [6.45, 7) is 22.5. The number of carboxylic acid groups (broad SMARTS) is 1. The summed E-state index contributed by atoms with van der Waals surface area (Å²) < 4.78 is 20.0. The number of aromatic carboxylic acids is 1. The number of fused-ring (bicyclic) bond motifs is 7. The zero-order chi connectivity index (χ0) is 37.5. The average molecular weight is 735 g/mol. The lowest BCUT2D eigenvalue weighted by Crippen LogP contribution is -2.66. The van der Waals surface area contributed by atoms with Crippen molar-refractivity contribution in [3.8, 4) is 0 Å². The lowest BCUT2D eigenvalue weighted by molar-refractivity contribution is -0.225. The predicted octanol–water partition coefficient (Wildman–Crippen LogP) is 9.61. The van der Waals surface area contributed by atoms with Crippen molar-refractivity contribution in [2.24, 2.45) is 56.7 Å². The van der Waals surface area contributed by atoms with E-state index in [-0.39, 0.29) is 33.0 Å². The maximum Gasteiger partial charge on any atom is 0.335 e. The van der Waals surface area contributed by atoms with Gasteiger partial charge >= 0.3 is 5.97 Å². The van der Waals surface area contributed by atoms with Gasteiger partial charge in [0.05, 0.1) is 22.5 Å². The van der Waals surface area contributed by atoms with E-state index in [1.807, 2.05) is 12.1 Å². The number of amides is 1. The van der Waals surface area contributed by atoms with Crippen LogP contribution < -0.4 is 5.32 Å². The van der Waals surface area contributed by atoms with Crippen molar-refractivity contribution in [3.63, 3.8) is 0 Å². The molecule has 1 amide bonds. The van der Waals surface area contributed by atoms with E-state index >= 15 is 0 Å². The molecular weight excluding hydrogens is 669 g/mol. The zero-order valence-corrected chi connectivity index (χ0v) is 33.6. The fraction of sp³-hybridized carbons (Fsp3) is 0.727. The highest BCUT2D eigenvalue weighted by molar-refractivity contribution is 8.24. The fourth-order valence-electron chi connectivity index (χ4n) is 14.1. The highest BCUT2D eigenvalue weighted by atomic mass is 32.3. The predicted molar refractivity (Wildman–Crippen MR) is 212 cm³/mol. The van der Waals surface area contributed by atoms with Gasteiger partial charge in [0.2, 0.25) is 5.91 Å². The molecule has 6 aliphatic rings. The minimum atomic E-state index is -2.39. The van der Waals surface area contributed by atoms with Crippen LogP contribution in [0.4, 0.5) is 0 Å². The summed E-state index contributed by atoms with van der Waals surface area (Å²) in [5, 5.41) is 13.0. The van der Waals surface area contributed by atoms with Crippen LogP contribution in [0.3, 0.4) is 0 Å². The summed E-state index contributed by atoms with van der Waals surface area (Å²) in [7, 11) is -2.39. The highest BCUT2D eigenvalue weighted by Crippen LogP contribution is 2.77. The molecule has 1 aromatic rings. The van der Waals surface area contributed by atoms with Gasteiger partial charge < -0.3 is 15.3 Å². The number of benzene rings is 1. The minimum Gasteiger partial charge on any atom is -0.478 e. The van der Waals surface area contributed by atoms with Gasteiger partial charge in [-0.25, -0.2) is 4.79 Å². The molecule has 0 spiro atoms. The highest BCUT2D eigenvalue weighted by Gasteiger charge is 2.71. The second-order valence-corrected chi connectivity index (χ2v) is 21.9. The van der Waals surface area contributed by atoms with Crippen molar-refractivity contribution in [3.05, 3.63) is 53.6 Å². The topological polar surface area (TPSA) is 110 Å². The van der Waals surface area contributed by atoms with Crippen molar-refractivity contribution >= 4 is 28.0 Å². The standard InChI is InChI=1S/C44H66N2O5S/c1-29(2)32-15-20-44(39(49)45-23-8-24-46-25-27-52(50,51)28-26-46)22-21-42(6)34(37(32)44)13-14-36-41(5)18-16-33(30-9-11-31(12-10-30)38(47)48)40(3,4)35(41)17-19-43(36,42)7/h9-12,16,32,34-37,50-51H,1,8,13-15,17-28H2,2-7H3,(H,45,49)(H,47,48)/t32-,34+,35-,36+,37+,41-,42+,43+,44-/m0/s1. The van der Waals surface area contributed by atoms with Gasteiger partial charge in [-0.1, -0.05) is 65.0 Å². The monoisotopic (exact) mass is 734 g/mol. The Morgan fingerprint density at radius 2 is 1.60 bits per heavy atom. The Kier molecular flexibility index (Phi) is 9.74. The quantitative estimate of drug-likeness (QED) is 0.157. The van der Waals surface area contributed by atoms with Crippen LogP contribution in [-0.2, 0) is 4.79 Å². The summed E-state index contributed by atoms with van der Waals surface area (Å²) in [5.74, 6) is 2.71. The lowest BCUT2D eigenvalue weighted by atomic mass is 9.32. The summed E-state index contributed by atoms with van der Waals surface area (Å²) in [5.41, 5.74) is 4.29. The van der Waals surface area contributed by atoms with Crippen LogP contribution in [0.15, 0.2) is 42.5 Å². The lowest BCUT2D eigenvalue weighted by Gasteiger charge is -2.72. The van der Waals surface area contributed by atoms with Gasteiger partial charge in [0.25, 0.3) is 0 Å². The largest absolute Gasteiger partial charge is 0.478 e. The molecule has 4 N–H and O–H groups in total. The number of hydrogen-bond donors (Lipinski definition) is 4. The van der Waals surface area contributed by atoms with Crippen molar-refractivity contribution in [2.45, 2.75) is 106 Å². The molecule has 0 radical (unpaired) electrons. The molecular formula is C44H66N2O5S. The Bertz CT molecular complexity index is 1610. The normalized spacial score (nSPS) is 41.3. The first-order valence-corrected chi connectivity index (χ1v) is 22.2. The molecule has 0 bridgehead atoms. The number of rotatable bonds is 8. The molecule has 1 aliphatic heterocycles. The number of nitrogens with one attached hydrogen (secondary N) is 1. The third-order valence-electron chi connectivity index (χ3n) is 16.9. The zero-order valence-electron chi connectivity index (χ0n) is 32.8. The third kappa shape index (κ3) is 5.87. The molecule has 288 valence electrons. The number of allylic oxidation sites excluding steroid dienone is 3. The smallest absolute Gasteiger partial charge is 0.335 e. The molecule has 1 heterocycles. The molecule has 52 heavy (non-hydrogen) atoms. The third-order valence-corrected chi connectivity index (χ3v) is 18.6. The molecule has 9 atom stereocenters. The number of carboxylic acids is 1. The van der Waals surface area contributed by atoms with E-state index in [1.54, 1.807) is 12.1 Å². The molecule has 5 aliphatic carbocycles. The van der Waals surface area contributed by atoms with Crippen molar-refractivity contribution in [1.29, 1.82) is 0 Å². The van der Waals surface area contributed by atoms with Crippen LogP contribution in [0.1, 0.15) is 122 Å². The first-order valence-electron chi connectivity index (χ1n) is 20.3. The second kappa shape index (κ2) is 13.3. The van der Waals surface area contributed by atoms with E-state index in [9.17, 15) is 23.8 Å². The Morgan fingerprint density at radius 1 is 0.904 bits per heavy atom. The molecule has 7 rings (SSSR count). The van der Waals surface area contributed by atoms with E-state index in [2.05, 4.69) is 64.4 Å². The maximum absolute atomic E-state index is 14.5. The first kappa shape index (κ1) is 38.2. The van der Waals surface area contributed by atoms with Crippen LogP contribution in [-0.4, -0.2) is 68.7 Å². The molecule has 1 aromatic carbocycles. The number of carbonyl (C=O) groups excluding carboxylic acids is 1. The van der Waals surface area contributed by atoms with Gasteiger partial charge in [-0.2, -0.15) is 10.6 Å². The van der Waals surface area contributed by atoms with E-state index in [0.29, 0.717) is 53.2 Å². The summed E-state index contributed by atoms with van der Waals surface area (Å²) in [6, 6.07) is 7.53. The average Bonchev–Trinajstić information content (AvgIpc) is 3.49. The number of nitrogens with zero attached hydrogens (tertiary/aromatic N) is 1. The Labute approximate surface area is 314 Å². The molecule has 8 heteroatoms. The Balaban J connectivity index is 1.11. The Hall–Kier alpha value is -2.13. The molecule has 1 saturated heterocycles. The van der Waals surface area contributed by atoms with Gasteiger partial charge in [0.1, 0.15) is 0 Å². The molecule has 0 unspecified atom stereocenters. The first-order chi connectivity index (χ1) is 24.4. The van der Waals surface area contributed by atoms with E-state index in [1.165, 1.54) is 36.8 Å². The molecule has 0 aromatic heterocycles. The SMILES string of the molecule is C=C(C)[C@@H]1CC[C@]2(C(=O)NCCCN3CCS(O)(O)CC3)CC[C@]3(C)[C@H](CC[C@@H]4[C@@]5(C)CC=C(c6ccc(C(=O)O)cc6)C(C)(C)[C@@H]5CC[C@]43C)[C@@H]12. The maximum atomic E-state index is 14.5. The second-order valence-electron chi connectivity index (χ2n) is 19.4. The van der Waals surface area contributed by atoms with Crippen LogP contribution >= 0.6 is 10.6 Å². The van der Waals surface area contributed by atoms with Gasteiger partial charge in [-0.15, -0.1) is 0 Å². The van der Waals surface area contributed by atoms with Crippen molar-refractivity contribution in [1.82, 2.24) is 10.2 Å². The number of carbonyl (C=O) groups is 2. The van der Waals surface area contributed by atoms with Gasteiger partial charge in [0.15, 0.2) is 0 Å². The molecule has 5 fully saturated rings. The summed E-state index contributed by atoms with van der Waals surface area (Å²) >= 11 is 0. The van der Waals surface area contributed by atoms with Gasteiger partial charge in [-0.05, 0) is 152 Å². The summed E-state index contributed by atoms with van der Waals surface area (Å²) in [4.78, 5) is 28.4. The minimum absolute atomic E-state index is 0.0234. The van der Waals surface area contributed by atoms with Crippen LogP contribution in [0, 0.1) is 56.7 Å². The van der Waals surface area contributed by atoms with E-state index in [0.717, 1.165) is 63.7 Å². The van der Waals surface area contributed by atoms with E-state index in [4.69, 9.17) is 0 Å². The molecule has 7 nitrogen and oxygen atoms in total. The van der Waals surface area contributed by atoms with Crippen molar-refractivity contribution < 1.29 is 23.8 Å². The summed E-state index contributed by atoms with van der Waals surface area (Å²) in [6.07, 6.45) is 13.4. The van der Waals surface area contributed by atoms with E-state index < -0.39 is 16.6 Å². The van der Waals surface area contributed by atoms with Gasteiger partial charge in [-0.3, -0.25) is 13.9 Å². The Morgan fingerprint density at radius 3 is 2.25 bits per heavy atom. The fourth-order valence-corrected chi connectivity index (χ4v) is 15.4. The number of hydrogen-bond acceptors (Lipinski definition) is 5. The molecule has 4 saturated carbocycles. The van der Waals surface area contributed by atoms with Crippen LogP contribution in [0.2, 0.25) is 0 Å². The van der Waals surface area contributed by atoms with Crippen LogP contribution in [0.25, 0.3) is 5.57 Å². The van der Waals surface area contributed by atoms with Gasteiger partial charge in [0, 0.05) is 19.6 Å². The van der Waals surface area contributed by atoms with Crippen molar-refractivity contribution in [2.75, 3.05) is 37.7 Å². The van der Waals surface area contributed by atoms with Crippen LogP contribution in [0.5, 0.6) is 0 Å².